The van der Waals surface area contributed by atoms with Crippen molar-refractivity contribution in [1.82, 2.24) is 5.32 Å². The van der Waals surface area contributed by atoms with Crippen LogP contribution in [0.2, 0.25) is 0 Å². The van der Waals surface area contributed by atoms with Crippen molar-refractivity contribution in [2.75, 3.05) is 25.1 Å². The van der Waals surface area contributed by atoms with E-state index in [2.05, 4.69) is 10.6 Å². The van der Waals surface area contributed by atoms with Gasteiger partial charge < -0.3 is 20.1 Å². The first kappa shape index (κ1) is 16.9. The highest BCUT2D eigenvalue weighted by molar-refractivity contribution is 5.88. The molecule has 3 atom stereocenters. The lowest BCUT2D eigenvalue weighted by atomic mass is 9.54. The van der Waals surface area contributed by atoms with Crippen LogP contribution in [0.4, 0.5) is 5.69 Å². The van der Waals surface area contributed by atoms with Crippen LogP contribution in [-0.2, 0) is 9.53 Å². The van der Waals surface area contributed by atoms with Gasteiger partial charge in [0.15, 0.2) is 0 Å². The molecule has 1 amide bonds. The van der Waals surface area contributed by atoms with Crippen LogP contribution in [0.3, 0.4) is 0 Å². The molecule has 1 saturated heterocycles. The number of rotatable bonds is 6. The monoisotopic (exact) mass is 344 g/mol. The van der Waals surface area contributed by atoms with Crippen molar-refractivity contribution in [3.8, 4) is 5.75 Å². The summed E-state index contributed by atoms with van der Waals surface area (Å²) in [4.78, 5) is 11.1. The molecule has 0 aromatic heterocycles. The quantitative estimate of drug-likeness (QED) is 0.779. The molecule has 0 unspecified atom stereocenters. The van der Waals surface area contributed by atoms with Gasteiger partial charge in [-0.25, -0.2) is 0 Å². The summed E-state index contributed by atoms with van der Waals surface area (Å²) in [6.07, 6.45) is 7.01. The summed E-state index contributed by atoms with van der Waals surface area (Å²) in [5, 5.41) is 6.55. The highest BCUT2D eigenvalue weighted by Crippen LogP contribution is 2.60. The summed E-state index contributed by atoms with van der Waals surface area (Å²) in [5.74, 6) is 1.42. The van der Waals surface area contributed by atoms with Gasteiger partial charge in [0.05, 0.1) is 6.10 Å². The Morgan fingerprint density at radius 2 is 2.20 bits per heavy atom. The zero-order valence-corrected chi connectivity index (χ0v) is 14.9. The molecule has 1 aromatic carbocycles. The van der Waals surface area contributed by atoms with E-state index in [1.165, 1.54) is 39.0 Å². The first-order valence-electron chi connectivity index (χ1n) is 9.54. The lowest BCUT2D eigenvalue weighted by molar-refractivity contribution is -0.130. The normalized spacial score (nSPS) is 29.2. The highest BCUT2D eigenvalue weighted by atomic mass is 16.5. The second-order valence-corrected chi connectivity index (χ2v) is 7.67. The van der Waals surface area contributed by atoms with Crippen molar-refractivity contribution in [1.29, 1.82) is 0 Å². The molecular formula is C20H28N2O3. The van der Waals surface area contributed by atoms with E-state index < -0.39 is 0 Å². The fourth-order valence-corrected chi connectivity index (χ4v) is 5.26. The molecule has 2 saturated carbocycles. The molecule has 1 aromatic rings. The van der Waals surface area contributed by atoms with Gasteiger partial charge in [0, 0.05) is 49.2 Å². The van der Waals surface area contributed by atoms with Gasteiger partial charge in [-0.15, -0.1) is 0 Å². The predicted octanol–water partition coefficient (Wildman–Crippen LogP) is 2.96. The zero-order chi connectivity index (χ0) is 17.3. The minimum atomic E-state index is -0.0704. The van der Waals surface area contributed by atoms with Crippen molar-refractivity contribution >= 4 is 11.6 Å². The van der Waals surface area contributed by atoms with Crippen molar-refractivity contribution < 1.29 is 14.3 Å². The van der Waals surface area contributed by atoms with E-state index in [1.807, 2.05) is 24.3 Å². The van der Waals surface area contributed by atoms with Crippen LogP contribution >= 0.6 is 0 Å². The molecule has 0 bridgehead atoms. The van der Waals surface area contributed by atoms with Crippen LogP contribution in [0.25, 0.3) is 0 Å². The Morgan fingerprint density at radius 3 is 3.00 bits per heavy atom. The molecule has 1 aliphatic heterocycles. The summed E-state index contributed by atoms with van der Waals surface area (Å²) in [5.41, 5.74) is 1.17. The lowest BCUT2D eigenvalue weighted by Gasteiger charge is -2.57. The molecule has 3 fully saturated rings. The topological polar surface area (TPSA) is 59.6 Å². The number of ether oxygens (including phenoxy) is 2. The van der Waals surface area contributed by atoms with E-state index in [1.54, 1.807) is 0 Å². The number of amides is 1. The van der Waals surface area contributed by atoms with Crippen LogP contribution < -0.4 is 15.4 Å². The maximum atomic E-state index is 11.1. The fraction of sp³-hybridized carbons (Fsp3) is 0.650. The second kappa shape index (κ2) is 6.96. The third kappa shape index (κ3) is 3.15. The van der Waals surface area contributed by atoms with Crippen molar-refractivity contribution in [3.63, 3.8) is 0 Å². The molecular weight excluding hydrogens is 316 g/mol. The molecule has 136 valence electrons. The van der Waals surface area contributed by atoms with Crippen LogP contribution in [0.15, 0.2) is 24.3 Å². The number of anilines is 1. The standard InChI is InChI=1S/C20H28N2O3/c1-14(23)22-15-5-4-6-16(13-15)24-12-10-21-18-17-7-11-25-19(17)20(18)8-2-3-9-20/h4-6,13,17-19,21H,2-3,7-12H2,1H3,(H,22,23)/t17-,18-,19+/m1/s1. The minimum Gasteiger partial charge on any atom is -0.492 e. The third-order valence-electron chi connectivity index (χ3n) is 6.18. The Bertz CT molecular complexity index is 627. The molecule has 1 spiro atoms. The van der Waals surface area contributed by atoms with Crippen molar-refractivity contribution in [2.24, 2.45) is 11.3 Å². The molecule has 3 aliphatic rings. The number of hydrogen-bond acceptors (Lipinski definition) is 4. The van der Waals surface area contributed by atoms with Crippen LogP contribution in [0.5, 0.6) is 5.75 Å². The molecule has 0 radical (unpaired) electrons. The van der Waals surface area contributed by atoms with E-state index in [0.29, 0.717) is 30.1 Å². The summed E-state index contributed by atoms with van der Waals surface area (Å²) < 4.78 is 11.9. The number of carbonyl (C=O) groups is 1. The SMILES string of the molecule is CC(=O)Nc1cccc(OCCN[C@@H]2[C@H]3CCO[C@@H]3C23CCCC3)c1. The van der Waals surface area contributed by atoms with E-state index >= 15 is 0 Å². The molecule has 2 aliphatic carbocycles. The van der Waals surface area contributed by atoms with Crippen molar-refractivity contribution in [2.45, 2.75) is 51.2 Å². The van der Waals surface area contributed by atoms with Crippen LogP contribution in [0, 0.1) is 11.3 Å². The Kier molecular flexibility index (Phi) is 4.69. The summed E-state index contributed by atoms with van der Waals surface area (Å²) in [7, 11) is 0. The van der Waals surface area contributed by atoms with Gasteiger partial charge in [-0.05, 0) is 31.4 Å². The van der Waals surface area contributed by atoms with Gasteiger partial charge in [-0.1, -0.05) is 18.9 Å². The molecule has 2 N–H and O–H groups in total. The number of fused-ring (bicyclic) bond motifs is 2. The average Bonchev–Trinajstić information content (AvgIpc) is 3.23. The number of benzene rings is 1. The maximum absolute atomic E-state index is 11.1. The molecule has 5 nitrogen and oxygen atoms in total. The minimum absolute atomic E-state index is 0.0704. The summed E-state index contributed by atoms with van der Waals surface area (Å²) in [6.45, 7) is 3.92. The van der Waals surface area contributed by atoms with Gasteiger partial charge in [0.2, 0.25) is 5.91 Å². The number of nitrogens with one attached hydrogen (secondary N) is 2. The van der Waals surface area contributed by atoms with E-state index in [0.717, 1.165) is 24.6 Å². The Hall–Kier alpha value is -1.59. The molecule has 5 heteroatoms. The first-order valence-corrected chi connectivity index (χ1v) is 9.54. The van der Waals surface area contributed by atoms with E-state index in [-0.39, 0.29) is 5.91 Å². The van der Waals surface area contributed by atoms with E-state index in [4.69, 9.17) is 9.47 Å². The van der Waals surface area contributed by atoms with Crippen LogP contribution in [-0.4, -0.2) is 37.8 Å². The molecule has 25 heavy (non-hydrogen) atoms. The molecule has 1 heterocycles. The second-order valence-electron chi connectivity index (χ2n) is 7.67. The Morgan fingerprint density at radius 1 is 1.36 bits per heavy atom. The third-order valence-corrected chi connectivity index (χ3v) is 6.18. The van der Waals surface area contributed by atoms with E-state index in [9.17, 15) is 4.79 Å². The van der Waals surface area contributed by atoms with Gasteiger partial charge in [-0.3, -0.25) is 4.79 Å². The van der Waals surface area contributed by atoms with Crippen molar-refractivity contribution in [3.05, 3.63) is 24.3 Å². The zero-order valence-electron chi connectivity index (χ0n) is 14.9. The van der Waals surface area contributed by atoms with Gasteiger partial charge in [0.25, 0.3) is 0 Å². The summed E-state index contributed by atoms with van der Waals surface area (Å²) >= 11 is 0. The fourth-order valence-electron chi connectivity index (χ4n) is 5.26. The number of carbonyl (C=O) groups excluding carboxylic acids is 1. The van der Waals surface area contributed by atoms with Crippen LogP contribution in [0.1, 0.15) is 39.0 Å². The largest absolute Gasteiger partial charge is 0.492 e. The lowest BCUT2D eigenvalue weighted by Crippen LogP contribution is -2.67. The maximum Gasteiger partial charge on any atom is 0.221 e. The predicted molar refractivity (Wildman–Crippen MR) is 96.8 cm³/mol. The smallest absolute Gasteiger partial charge is 0.221 e. The van der Waals surface area contributed by atoms with Gasteiger partial charge in [-0.2, -0.15) is 0 Å². The Balaban J connectivity index is 1.27. The van der Waals surface area contributed by atoms with Gasteiger partial charge in [0.1, 0.15) is 12.4 Å². The summed E-state index contributed by atoms with van der Waals surface area (Å²) in [6, 6.07) is 8.15. The average molecular weight is 344 g/mol. The number of hydrogen-bond donors (Lipinski definition) is 2. The Labute approximate surface area is 149 Å². The molecule has 4 rings (SSSR count). The van der Waals surface area contributed by atoms with Gasteiger partial charge >= 0.3 is 0 Å². The first-order chi connectivity index (χ1) is 12.2. The highest BCUT2D eigenvalue weighted by Gasteiger charge is 2.64.